The topological polar surface area (TPSA) is 84.9 Å². The van der Waals surface area contributed by atoms with Gasteiger partial charge in [0.1, 0.15) is 5.00 Å². The molecule has 0 atom stereocenters. The molecule has 0 saturated carbocycles. The fraction of sp³-hybridized carbons (Fsp3) is 0.381. The van der Waals surface area contributed by atoms with E-state index in [0.29, 0.717) is 35.6 Å². The molecule has 7 nitrogen and oxygen atoms in total. The monoisotopic (exact) mass is 416 g/mol. The first-order chi connectivity index (χ1) is 13.8. The van der Waals surface area contributed by atoms with Crippen LogP contribution in [0.2, 0.25) is 0 Å². The third-order valence-corrected chi connectivity index (χ3v) is 5.97. The van der Waals surface area contributed by atoms with Crippen molar-refractivity contribution >= 4 is 34.3 Å². The number of ether oxygens (including phenoxy) is 2. The van der Waals surface area contributed by atoms with Gasteiger partial charge in [-0.2, -0.15) is 0 Å². The van der Waals surface area contributed by atoms with E-state index in [1.165, 1.54) is 18.4 Å². The van der Waals surface area contributed by atoms with Crippen molar-refractivity contribution in [1.82, 2.24) is 4.90 Å². The van der Waals surface area contributed by atoms with Gasteiger partial charge in [0.05, 0.1) is 25.8 Å². The third kappa shape index (κ3) is 4.27. The fourth-order valence-electron chi connectivity index (χ4n) is 3.35. The Morgan fingerprint density at radius 1 is 1.24 bits per heavy atom. The van der Waals surface area contributed by atoms with Crippen molar-refractivity contribution in [3.8, 4) is 0 Å². The number of fused-ring (bicyclic) bond motifs is 1. The number of rotatable bonds is 4. The number of carbonyl (C=O) groups is 3. The zero-order valence-corrected chi connectivity index (χ0v) is 17.8. The van der Waals surface area contributed by atoms with Crippen LogP contribution in [0.3, 0.4) is 0 Å². The molecule has 1 N–H and O–H groups in total. The summed E-state index contributed by atoms with van der Waals surface area (Å²) in [5.74, 6) is -0.743. The van der Waals surface area contributed by atoms with Crippen molar-refractivity contribution in [1.29, 1.82) is 0 Å². The number of anilines is 1. The van der Waals surface area contributed by atoms with Crippen molar-refractivity contribution < 1.29 is 23.9 Å². The minimum absolute atomic E-state index is 0.238. The number of hydrogen-bond acceptors (Lipinski definition) is 6. The van der Waals surface area contributed by atoms with Crippen LogP contribution < -0.4 is 5.32 Å². The van der Waals surface area contributed by atoms with Gasteiger partial charge < -0.3 is 19.7 Å². The van der Waals surface area contributed by atoms with Gasteiger partial charge in [-0.05, 0) is 44.4 Å². The summed E-state index contributed by atoms with van der Waals surface area (Å²) in [7, 11) is 1.34. The molecule has 1 aromatic carbocycles. The van der Waals surface area contributed by atoms with Gasteiger partial charge >= 0.3 is 12.1 Å². The van der Waals surface area contributed by atoms with E-state index < -0.39 is 12.1 Å². The maximum Gasteiger partial charge on any atom is 0.409 e. The van der Waals surface area contributed by atoms with Gasteiger partial charge in [-0.3, -0.25) is 4.79 Å². The summed E-state index contributed by atoms with van der Waals surface area (Å²) < 4.78 is 10.0. The average Bonchev–Trinajstić information content (AvgIpc) is 3.06. The van der Waals surface area contributed by atoms with Crippen molar-refractivity contribution in [2.75, 3.05) is 25.6 Å². The fourth-order valence-corrected chi connectivity index (χ4v) is 4.59. The molecule has 1 aromatic heterocycles. The minimum atomic E-state index is -0.465. The zero-order valence-electron chi connectivity index (χ0n) is 17.0. The smallest absolute Gasteiger partial charge is 0.409 e. The van der Waals surface area contributed by atoms with Crippen molar-refractivity contribution in [3.63, 3.8) is 0 Å². The summed E-state index contributed by atoms with van der Waals surface area (Å²) in [5.41, 5.74) is 3.59. The molecule has 1 aliphatic heterocycles. The average molecular weight is 416 g/mol. The Balaban J connectivity index is 1.96. The van der Waals surface area contributed by atoms with Crippen molar-refractivity contribution in [2.45, 2.75) is 33.7 Å². The molecule has 29 heavy (non-hydrogen) atoms. The Kier molecular flexibility index (Phi) is 6.22. The van der Waals surface area contributed by atoms with Gasteiger partial charge in [-0.15, -0.1) is 11.3 Å². The predicted octanol–water partition coefficient (Wildman–Crippen LogP) is 3.92. The summed E-state index contributed by atoms with van der Waals surface area (Å²) in [5, 5.41) is 3.34. The van der Waals surface area contributed by atoms with Crippen LogP contribution in [0.25, 0.3) is 0 Å². The molecule has 0 radical (unpaired) electrons. The lowest BCUT2D eigenvalue weighted by Gasteiger charge is -2.25. The molecular weight excluding hydrogens is 392 g/mol. The van der Waals surface area contributed by atoms with Crippen LogP contribution >= 0.6 is 11.3 Å². The summed E-state index contributed by atoms with van der Waals surface area (Å²) in [4.78, 5) is 39.9. The second-order valence-corrected chi connectivity index (χ2v) is 7.95. The van der Waals surface area contributed by atoms with E-state index in [0.717, 1.165) is 21.6 Å². The number of methoxy groups -OCH3 is 1. The van der Waals surface area contributed by atoms with Gasteiger partial charge in [0.2, 0.25) is 0 Å². The Morgan fingerprint density at radius 2 is 2.00 bits per heavy atom. The highest BCUT2D eigenvalue weighted by atomic mass is 32.1. The molecule has 0 aliphatic carbocycles. The molecule has 0 fully saturated rings. The molecule has 0 saturated heterocycles. The van der Waals surface area contributed by atoms with E-state index in [1.807, 2.05) is 32.0 Å². The van der Waals surface area contributed by atoms with E-state index in [9.17, 15) is 14.4 Å². The highest BCUT2D eigenvalue weighted by Crippen LogP contribution is 2.38. The van der Waals surface area contributed by atoms with Crippen LogP contribution in [-0.4, -0.2) is 43.1 Å². The first-order valence-corrected chi connectivity index (χ1v) is 10.2. The molecule has 0 spiro atoms. The Hall–Kier alpha value is -2.87. The molecule has 0 unspecified atom stereocenters. The Bertz CT molecular complexity index is 966. The number of hydrogen-bond donors (Lipinski definition) is 1. The van der Waals surface area contributed by atoms with E-state index in [1.54, 1.807) is 11.8 Å². The van der Waals surface area contributed by atoms with Crippen LogP contribution in [0.15, 0.2) is 18.2 Å². The minimum Gasteiger partial charge on any atom is -0.462 e. The van der Waals surface area contributed by atoms with E-state index in [-0.39, 0.29) is 12.5 Å². The molecule has 1 aliphatic rings. The molecule has 8 heteroatoms. The van der Waals surface area contributed by atoms with Crippen LogP contribution in [0.4, 0.5) is 9.80 Å². The van der Waals surface area contributed by atoms with E-state index in [4.69, 9.17) is 9.47 Å². The number of nitrogens with one attached hydrogen (secondary N) is 1. The Morgan fingerprint density at radius 3 is 2.69 bits per heavy atom. The lowest BCUT2D eigenvalue weighted by Crippen LogP contribution is -2.35. The molecule has 0 bridgehead atoms. The van der Waals surface area contributed by atoms with Gasteiger partial charge in [0.25, 0.3) is 5.91 Å². The molecule has 2 aromatic rings. The second-order valence-electron chi connectivity index (χ2n) is 6.84. The maximum absolute atomic E-state index is 12.9. The second kappa shape index (κ2) is 8.65. The van der Waals surface area contributed by atoms with Crippen molar-refractivity contribution in [3.05, 3.63) is 50.9 Å². The number of amides is 2. The number of carbonyl (C=O) groups excluding carboxylic acids is 3. The highest BCUT2D eigenvalue weighted by molar-refractivity contribution is 7.17. The predicted molar refractivity (Wildman–Crippen MR) is 111 cm³/mol. The number of aryl methyl sites for hydroxylation is 2. The SMILES string of the molecule is CCOC(=O)c1c(NC(=O)c2cc(C)ccc2C)sc2c1CCN(C(=O)OC)C2. The molecular formula is C21H24N2O5S. The molecule has 2 amide bonds. The van der Waals surface area contributed by atoms with Crippen LogP contribution in [0.1, 0.15) is 49.2 Å². The lowest BCUT2D eigenvalue weighted by molar-refractivity contribution is 0.0526. The highest BCUT2D eigenvalue weighted by Gasteiger charge is 2.31. The normalized spacial score (nSPS) is 12.9. The van der Waals surface area contributed by atoms with Crippen LogP contribution in [-0.2, 0) is 22.4 Å². The van der Waals surface area contributed by atoms with Crippen LogP contribution in [0, 0.1) is 13.8 Å². The maximum atomic E-state index is 12.9. The number of esters is 1. The summed E-state index contributed by atoms with van der Waals surface area (Å²) in [6, 6.07) is 5.66. The number of thiophene rings is 1. The first kappa shape index (κ1) is 20.9. The summed E-state index contributed by atoms with van der Waals surface area (Å²) >= 11 is 1.30. The van der Waals surface area contributed by atoms with Gasteiger partial charge in [0, 0.05) is 17.0 Å². The molecule has 2 heterocycles. The summed E-state index contributed by atoms with van der Waals surface area (Å²) in [6.07, 6.45) is 0.0803. The van der Waals surface area contributed by atoms with Crippen molar-refractivity contribution in [2.24, 2.45) is 0 Å². The number of nitrogens with zero attached hydrogens (tertiary/aromatic N) is 1. The largest absolute Gasteiger partial charge is 0.462 e. The molecule has 3 rings (SSSR count). The van der Waals surface area contributed by atoms with Gasteiger partial charge in [0.15, 0.2) is 0 Å². The van der Waals surface area contributed by atoms with Gasteiger partial charge in [-0.25, -0.2) is 9.59 Å². The van der Waals surface area contributed by atoms with E-state index >= 15 is 0 Å². The number of benzene rings is 1. The van der Waals surface area contributed by atoms with Gasteiger partial charge in [-0.1, -0.05) is 17.7 Å². The van der Waals surface area contributed by atoms with E-state index in [2.05, 4.69) is 5.32 Å². The third-order valence-electron chi connectivity index (χ3n) is 4.83. The molecule has 154 valence electrons. The summed E-state index contributed by atoms with van der Waals surface area (Å²) in [6.45, 7) is 6.54. The zero-order chi connectivity index (χ0) is 21.1. The lowest BCUT2D eigenvalue weighted by atomic mass is 10.0. The quantitative estimate of drug-likeness (QED) is 0.764. The van der Waals surface area contributed by atoms with Crippen LogP contribution in [0.5, 0.6) is 0 Å². The first-order valence-electron chi connectivity index (χ1n) is 9.38. The Labute approximate surface area is 173 Å². The standard InChI is InChI=1S/C21H24N2O5S/c1-5-28-20(25)17-14-8-9-23(21(26)27-4)11-16(14)29-19(17)22-18(24)15-10-12(2)6-7-13(15)3/h6-7,10H,5,8-9,11H2,1-4H3,(H,22,24).